The number of nitrogens with zero attached hydrogens (tertiary/aromatic N) is 4. The Balaban J connectivity index is 1.98. The molecular formula is C17H20N4O3. The van der Waals surface area contributed by atoms with Crippen LogP contribution in [0.2, 0.25) is 0 Å². The van der Waals surface area contributed by atoms with Gasteiger partial charge in [0.25, 0.3) is 5.88 Å². The molecule has 2 heterocycles. The third kappa shape index (κ3) is 3.15. The van der Waals surface area contributed by atoms with Crippen molar-refractivity contribution in [1.82, 2.24) is 9.97 Å². The number of nitro groups is 1. The van der Waals surface area contributed by atoms with Gasteiger partial charge in [-0.1, -0.05) is 24.3 Å². The molecule has 7 nitrogen and oxygen atoms in total. The first kappa shape index (κ1) is 16.2. The number of benzene rings is 1. The quantitative estimate of drug-likeness (QED) is 0.634. The van der Waals surface area contributed by atoms with Crippen LogP contribution in [0.4, 0.5) is 11.5 Å². The van der Waals surface area contributed by atoms with Gasteiger partial charge in [-0.15, -0.1) is 0 Å². The predicted molar refractivity (Wildman–Crippen MR) is 90.7 cm³/mol. The van der Waals surface area contributed by atoms with E-state index in [1.807, 2.05) is 17.0 Å². The zero-order valence-electron chi connectivity index (χ0n) is 13.9. The first-order chi connectivity index (χ1) is 11.6. The zero-order chi connectivity index (χ0) is 17.1. The maximum absolute atomic E-state index is 11.6. The summed E-state index contributed by atoms with van der Waals surface area (Å²) in [7, 11) is 0. The Labute approximate surface area is 140 Å². The molecule has 0 spiro atoms. The minimum atomic E-state index is -0.447. The van der Waals surface area contributed by atoms with Crippen LogP contribution in [0.5, 0.6) is 5.88 Å². The minimum absolute atomic E-state index is 0.0479. The number of anilines is 1. The zero-order valence-corrected chi connectivity index (χ0v) is 13.9. The van der Waals surface area contributed by atoms with Crippen LogP contribution < -0.4 is 9.64 Å². The van der Waals surface area contributed by atoms with Crippen molar-refractivity contribution in [1.29, 1.82) is 0 Å². The van der Waals surface area contributed by atoms with Gasteiger partial charge in [-0.25, -0.2) is 4.98 Å². The molecule has 0 unspecified atom stereocenters. The summed E-state index contributed by atoms with van der Waals surface area (Å²) in [5.74, 6) is 0.872. The molecule has 0 saturated carbocycles. The molecule has 3 rings (SSSR count). The lowest BCUT2D eigenvalue weighted by molar-refractivity contribution is -0.385. The summed E-state index contributed by atoms with van der Waals surface area (Å²) >= 11 is 0. The molecule has 0 saturated heterocycles. The second-order valence-electron chi connectivity index (χ2n) is 5.69. The summed E-state index contributed by atoms with van der Waals surface area (Å²) in [5, 5.41) is 11.6. The van der Waals surface area contributed by atoms with E-state index >= 15 is 0 Å². The van der Waals surface area contributed by atoms with E-state index in [0.717, 1.165) is 12.8 Å². The van der Waals surface area contributed by atoms with E-state index in [1.54, 1.807) is 13.8 Å². The number of hydrogen-bond acceptors (Lipinski definition) is 6. The molecule has 7 heteroatoms. The molecule has 0 aliphatic carbocycles. The van der Waals surface area contributed by atoms with Gasteiger partial charge in [0, 0.05) is 13.1 Å². The maximum Gasteiger partial charge on any atom is 0.372 e. The monoisotopic (exact) mass is 328 g/mol. The lowest BCUT2D eigenvalue weighted by atomic mass is 10.0. The number of rotatable bonds is 4. The molecule has 0 bridgehead atoms. The van der Waals surface area contributed by atoms with Crippen LogP contribution >= 0.6 is 0 Å². The Hall–Kier alpha value is -2.70. The SMILES string of the molecule is CCOc1nc(C)nc(N2CCc3ccccc3CC2)c1[N+](=O)[O-]. The van der Waals surface area contributed by atoms with Crippen LogP contribution in [0.1, 0.15) is 23.9 Å². The fourth-order valence-corrected chi connectivity index (χ4v) is 3.02. The molecule has 0 radical (unpaired) electrons. The average molecular weight is 328 g/mol. The molecule has 126 valence electrons. The molecule has 0 amide bonds. The van der Waals surface area contributed by atoms with Crippen molar-refractivity contribution < 1.29 is 9.66 Å². The Kier molecular flexibility index (Phi) is 4.59. The summed E-state index contributed by atoms with van der Waals surface area (Å²) in [6.07, 6.45) is 1.67. The standard InChI is InChI=1S/C17H20N4O3/c1-3-24-17-15(21(22)23)16(18-12(2)19-17)20-10-8-13-6-4-5-7-14(13)9-11-20/h4-7H,3,8-11H2,1-2H3. The number of hydrogen-bond donors (Lipinski definition) is 0. The van der Waals surface area contributed by atoms with Crippen LogP contribution in [0.15, 0.2) is 24.3 Å². The summed E-state index contributed by atoms with van der Waals surface area (Å²) in [4.78, 5) is 21.6. The Morgan fingerprint density at radius 3 is 2.38 bits per heavy atom. The van der Waals surface area contributed by atoms with Gasteiger partial charge in [-0.3, -0.25) is 10.1 Å². The molecule has 2 aromatic rings. The maximum atomic E-state index is 11.6. The second kappa shape index (κ2) is 6.82. The van der Waals surface area contributed by atoms with Crippen molar-refractivity contribution in [3.05, 3.63) is 51.3 Å². The van der Waals surface area contributed by atoms with Crippen molar-refractivity contribution in [2.45, 2.75) is 26.7 Å². The largest absolute Gasteiger partial charge is 0.473 e. The van der Waals surface area contributed by atoms with E-state index in [9.17, 15) is 10.1 Å². The van der Waals surface area contributed by atoms with Crippen molar-refractivity contribution in [2.24, 2.45) is 0 Å². The predicted octanol–water partition coefficient (Wildman–Crippen LogP) is 2.70. The van der Waals surface area contributed by atoms with Crippen LogP contribution in [0, 0.1) is 17.0 Å². The van der Waals surface area contributed by atoms with Gasteiger partial charge in [-0.2, -0.15) is 4.98 Å². The molecule has 1 aromatic carbocycles. The highest BCUT2D eigenvalue weighted by Crippen LogP contribution is 2.35. The number of aryl methyl sites for hydroxylation is 1. The Bertz CT molecular complexity index is 736. The van der Waals surface area contributed by atoms with Crippen LogP contribution in [0.3, 0.4) is 0 Å². The summed E-state index contributed by atoms with van der Waals surface area (Å²) in [6, 6.07) is 8.28. The van der Waals surface area contributed by atoms with Crippen molar-refractivity contribution in [3.63, 3.8) is 0 Å². The molecule has 0 atom stereocenters. The minimum Gasteiger partial charge on any atom is -0.473 e. The van der Waals surface area contributed by atoms with Crippen LogP contribution in [0.25, 0.3) is 0 Å². The summed E-state index contributed by atoms with van der Waals surface area (Å²) < 4.78 is 5.38. The van der Waals surface area contributed by atoms with E-state index in [2.05, 4.69) is 22.1 Å². The normalized spacial score (nSPS) is 14.0. The van der Waals surface area contributed by atoms with Crippen molar-refractivity contribution in [3.8, 4) is 5.88 Å². The average Bonchev–Trinajstić information content (AvgIpc) is 2.77. The van der Waals surface area contributed by atoms with Gasteiger partial charge in [0.05, 0.1) is 11.5 Å². The molecule has 0 N–H and O–H groups in total. The Morgan fingerprint density at radius 1 is 1.21 bits per heavy atom. The smallest absolute Gasteiger partial charge is 0.372 e. The topological polar surface area (TPSA) is 81.4 Å². The van der Waals surface area contributed by atoms with Gasteiger partial charge in [-0.05, 0) is 37.8 Å². The summed E-state index contributed by atoms with van der Waals surface area (Å²) in [5.41, 5.74) is 2.44. The van der Waals surface area contributed by atoms with Gasteiger partial charge in [0.2, 0.25) is 5.82 Å². The number of fused-ring (bicyclic) bond motifs is 1. The van der Waals surface area contributed by atoms with Gasteiger partial charge in [0.1, 0.15) is 5.82 Å². The number of aromatic nitrogens is 2. The van der Waals surface area contributed by atoms with E-state index in [0.29, 0.717) is 31.3 Å². The van der Waals surface area contributed by atoms with Crippen molar-refractivity contribution >= 4 is 11.5 Å². The molecule has 1 aromatic heterocycles. The molecule has 1 aliphatic heterocycles. The molecule has 1 aliphatic rings. The molecular weight excluding hydrogens is 308 g/mol. The van der Waals surface area contributed by atoms with E-state index in [1.165, 1.54) is 11.1 Å². The lowest BCUT2D eigenvalue weighted by Crippen LogP contribution is -2.28. The van der Waals surface area contributed by atoms with Gasteiger partial charge < -0.3 is 9.64 Å². The third-order valence-corrected chi connectivity index (χ3v) is 4.13. The fourth-order valence-electron chi connectivity index (χ4n) is 3.02. The van der Waals surface area contributed by atoms with Crippen LogP contribution in [-0.4, -0.2) is 34.6 Å². The van der Waals surface area contributed by atoms with Crippen molar-refractivity contribution in [2.75, 3.05) is 24.6 Å². The first-order valence-corrected chi connectivity index (χ1v) is 8.07. The highest BCUT2D eigenvalue weighted by molar-refractivity contribution is 5.63. The van der Waals surface area contributed by atoms with Gasteiger partial charge in [0.15, 0.2) is 0 Å². The second-order valence-corrected chi connectivity index (χ2v) is 5.69. The van der Waals surface area contributed by atoms with E-state index in [-0.39, 0.29) is 11.6 Å². The van der Waals surface area contributed by atoms with E-state index < -0.39 is 4.92 Å². The fraction of sp³-hybridized carbons (Fsp3) is 0.412. The van der Waals surface area contributed by atoms with E-state index in [4.69, 9.17) is 4.74 Å². The Morgan fingerprint density at radius 2 is 1.83 bits per heavy atom. The first-order valence-electron chi connectivity index (χ1n) is 8.07. The lowest BCUT2D eigenvalue weighted by Gasteiger charge is -2.21. The molecule has 24 heavy (non-hydrogen) atoms. The van der Waals surface area contributed by atoms with Crippen LogP contribution in [-0.2, 0) is 12.8 Å². The van der Waals surface area contributed by atoms with Gasteiger partial charge >= 0.3 is 5.69 Å². The highest BCUT2D eigenvalue weighted by Gasteiger charge is 2.30. The molecule has 0 fully saturated rings. The number of ether oxygens (including phenoxy) is 1. The third-order valence-electron chi connectivity index (χ3n) is 4.13. The highest BCUT2D eigenvalue weighted by atomic mass is 16.6. The summed E-state index contributed by atoms with van der Waals surface area (Å²) in [6.45, 7) is 5.19.